The predicted octanol–water partition coefficient (Wildman–Crippen LogP) is 4.79. The molecule has 158 valence electrons. The minimum Gasteiger partial charge on any atom is -0.403 e. The summed E-state index contributed by atoms with van der Waals surface area (Å²) in [5.41, 5.74) is 1.77. The van der Waals surface area contributed by atoms with Crippen molar-refractivity contribution < 1.29 is 9.21 Å². The van der Waals surface area contributed by atoms with Crippen molar-refractivity contribution >= 4 is 29.2 Å². The largest absolute Gasteiger partial charge is 0.403 e. The molecule has 0 aliphatic carbocycles. The van der Waals surface area contributed by atoms with Crippen LogP contribution in [0.5, 0.6) is 0 Å². The molecule has 0 unspecified atom stereocenters. The molecule has 0 fully saturated rings. The van der Waals surface area contributed by atoms with E-state index in [9.17, 15) is 4.79 Å². The maximum Gasteiger partial charge on any atom is 0.315 e. The molecule has 0 atom stereocenters. The normalized spacial score (nSPS) is 10.9. The first-order valence-electron chi connectivity index (χ1n) is 10.1. The summed E-state index contributed by atoms with van der Waals surface area (Å²) in [6.45, 7) is 8.16. The van der Waals surface area contributed by atoms with Crippen molar-refractivity contribution in [2.75, 3.05) is 36.8 Å². The van der Waals surface area contributed by atoms with E-state index in [2.05, 4.69) is 39.6 Å². The van der Waals surface area contributed by atoms with Gasteiger partial charge in [0.15, 0.2) is 0 Å². The third-order valence-corrected chi connectivity index (χ3v) is 5.05. The van der Waals surface area contributed by atoms with E-state index in [0.29, 0.717) is 33.7 Å². The topological polar surface area (TPSA) is 83.3 Å². The molecule has 0 spiro atoms. The van der Waals surface area contributed by atoms with Gasteiger partial charge in [-0.15, -0.1) is 5.10 Å². The van der Waals surface area contributed by atoms with Gasteiger partial charge in [-0.2, -0.15) is 0 Å². The Morgan fingerprint density at radius 2 is 1.87 bits per heavy atom. The fourth-order valence-corrected chi connectivity index (χ4v) is 3.26. The quantitative estimate of drug-likeness (QED) is 0.453. The molecule has 1 heterocycles. The molecule has 0 bridgehead atoms. The second-order valence-electron chi connectivity index (χ2n) is 6.73. The molecule has 0 aliphatic heterocycles. The number of hydrogen-bond donors (Lipinski definition) is 2. The minimum atomic E-state index is -0.201. The highest BCUT2D eigenvalue weighted by molar-refractivity contribution is 6.33. The molecule has 0 aliphatic rings. The SMILES string of the molecule is CCN(CC)CCCNc1nnc(-c2ccc(NC(=O)c3ccccc3)cc2Cl)o1. The number of anilines is 2. The lowest BCUT2D eigenvalue weighted by atomic mass is 10.2. The van der Waals surface area contributed by atoms with E-state index in [1.807, 2.05) is 18.2 Å². The van der Waals surface area contributed by atoms with Crippen LogP contribution in [-0.2, 0) is 0 Å². The van der Waals surface area contributed by atoms with Gasteiger partial charge in [0.05, 0.1) is 10.6 Å². The van der Waals surface area contributed by atoms with Gasteiger partial charge in [-0.3, -0.25) is 4.79 Å². The van der Waals surface area contributed by atoms with Crippen LogP contribution < -0.4 is 10.6 Å². The van der Waals surface area contributed by atoms with E-state index in [-0.39, 0.29) is 5.91 Å². The van der Waals surface area contributed by atoms with Gasteiger partial charge in [0, 0.05) is 17.8 Å². The average Bonchev–Trinajstić information content (AvgIpc) is 3.23. The first-order chi connectivity index (χ1) is 14.6. The summed E-state index contributed by atoms with van der Waals surface area (Å²) in [4.78, 5) is 14.6. The molecule has 2 aromatic carbocycles. The van der Waals surface area contributed by atoms with E-state index in [4.69, 9.17) is 16.0 Å². The summed E-state index contributed by atoms with van der Waals surface area (Å²) >= 11 is 6.39. The van der Waals surface area contributed by atoms with Gasteiger partial charge in [0.1, 0.15) is 0 Å². The van der Waals surface area contributed by atoms with Gasteiger partial charge in [0.25, 0.3) is 11.8 Å². The summed E-state index contributed by atoms with van der Waals surface area (Å²) in [6.07, 6.45) is 0.982. The molecular formula is C22H26ClN5O2. The number of carbonyl (C=O) groups excluding carboxylic acids is 1. The molecule has 0 radical (unpaired) electrons. The number of benzene rings is 2. The summed E-state index contributed by atoms with van der Waals surface area (Å²) in [6, 6.07) is 14.5. The molecule has 0 saturated heterocycles. The average molecular weight is 428 g/mol. The Kier molecular flexibility index (Phi) is 7.82. The zero-order valence-corrected chi connectivity index (χ0v) is 17.9. The monoisotopic (exact) mass is 427 g/mol. The van der Waals surface area contributed by atoms with Crippen LogP contribution in [0.15, 0.2) is 52.9 Å². The fourth-order valence-electron chi connectivity index (χ4n) is 3.00. The summed E-state index contributed by atoms with van der Waals surface area (Å²) in [7, 11) is 0. The Balaban J connectivity index is 1.58. The number of hydrogen-bond acceptors (Lipinski definition) is 6. The Hall–Kier alpha value is -2.90. The number of nitrogens with zero attached hydrogens (tertiary/aromatic N) is 3. The van der Waals surface area contributed by atoms with E-state index < -0.39 is 0 Å². The van der Waals surface area contributed by atoms with Crippen LogP contribution in [0.25, 0.3) is 11.5 Å². The molecule has 1 aromatic heterocycles. The van der Waals surface area contributed by atoms with E-state index in [0.717, 1.165) is 32.6 Å². The van der Waals surface area contributed by atoms with Crippen LogP contribution in [0.4, 0.5) is 11.7 Å². The molecule has 8 heteroatoms. The lowest BCUT2D eigenvalue weighted by Gasteiger charge is -2.17. The lowest BCUT2D eigenvalue weighted by Crippen LogP contribution is -2.25. The standard InChI is InChI=1S/C22H26ClN5O2/c1-3-28(4-2)14-8-13-24-22-27-26-21(30-22)18-12-11-17(15-19(18)23)25-20(29)16-9-6-5-7-10-16/h5-7,9-12,15H,3-4,8,13-14H2,1-2H3,(H,24,27)(H,25,29). The van der Waals surface area contributed by atoms with Crippen molar-refractivity contribution in [1.29, 1.82) is 0 Å². The van der Waals surface area contributed by atoms with Crippen molar-refractivity contribution in [3.63, 3.8) is 0 Å². The highest BCUT2D eigenvalue weighted by Crippen LogP contribution is 2.30. The second-order valence-corrected chi connectivity index (χ2v) is 7.14. The zero-order valence-electron chi connectivity index (χ0n) is 17.2. The van der Waals surface area contributed by atoms with Gasteiger partial charge < -0.3 is 20.0 Å². The van der Waals surface area contributed by atoms with Gasteiger partial charge in [-0.1, -0.05) is 48.7 Å². The second kappa shape index (κ2) is 10.8. The first-order valence-corrected chi connectivity index (χ1v) is 10.4. The van der Waals surface area contributed by atoms with Crippen LogP contribution in [0, 0.1) is 0 Å². The van der Waals surface area contributed by atoms with Crippen molar-refractivity contribution in [3.8, 4) is 11.5 Å². The van der Waals surface area contributed by atoms with Gasteiger partial charge in [0.2, 0.25) is 0 Å². The predicted molar refractivity (Wildman–Crippen MR) is 120 cm³/mol. The van der Waals surface area contributed by atoms with Crippen LogP contribution >= 0.6 is 11.6 Å². The Labute approximate surface area is 181 Å². The summed E-state index contributed by atoms with van der Waals surface area (Å²) in [5, 5.41) is 14.5. The molecule has 3 aromatic rings. The molecular weight excluding hydrogens is 402 g/mol. The summed E-state index contributed by atoms with van der Waals surface area (Å²) < 4.78 is 5.68. The maximum absolute atomic E-state index is 12.3. The van der Waals surface area contributed by atoms with Crippen LogP contribution in [0.1, 0.15) is 30.6 Å². The van der Waals surface area contributed by atoms with Crippen LogP contribution in [0.2, 0.25) is 5.02 Å². The molecule has 3 rings (SSSR count). The Bertz CT molecular complexity index is 957. The van der Waals surface area contributed by atoms with E-state index >= 15 is 0 Å². The number of carbonyl (C=O) groups is 1. The number of rotatable bonds is 10. The first kappa shape index (κ1) is 21.8. The Morgan fingerprint density at radius 1 is 1.10 bits per heavy atom. The van der Waals surface area contributed by atoms with Gasteiger partial charge >= 0.3 is 6.01 Å². The highest BCUT2D eigenvalue weighted by atomic mass is 35.5. The number of amides is 1. The molecule has 2 N–H and O–H groups in total. The van der Waals surface area contributed by atoms with Crippen LogP contribution in [0.3, 0.4) is 0 Å². The fraction of sp³-hybridized carbons (Fsp3) is 0.318. The van der Waals surface area contributed by atoms with Crippen LogP contribution in [-0.4, -0.2) is 47.2 Å². The third-order valence-electron chi connectivity index (χ3n) is 4.74. The molecule has 7 nitrogen and oxygen atoms in total. The van der Waals surface area contributed by atoms with Crippen molar-refractivity contribution in [1.82, 2.24) is 15.1 Å². The number of nitrogens with one attached hydrogen (secondary N) is 2. The van der Waals surface area contributed by atoms with E-state index in [1.165, 1.54) is 0 Å². The Morgan fingerprint density at radius 3 is 2.57 bits per heavy atom. The summed E-state index contributed by atoms with van der Waals surface area (Å²) in [5.74, 6) is 0.126. The zero-order chi connectivity index (χ0) is 21.3. The van der Waals surface area contributed by atoms with Crippen molar-refractivity contribution in [2.24, 2.45) is 0 Å². The molecule has 30 heavy (non-hydrogen) atoms. The van der Waals surface area contributed by atoms with Gasteiger partial charge in [-0.05, 0) is 56.4 Å². The minimum absolute atomic E-state index is 0.201. The highest BCUT2D eigenvalue weighted by Gasteiger charge is 2.14. The lowest BCUT2D eigenvalue weighted by molar-refractivity contribution is 0.102. The number of aromatic nitrogens is 2. The number of halogens is 1. The third kappa shape index (κ3) is 5.81. The van der Waals surface area contributed by atoms with Gasteiger partial charge in [-0.25, -0.2) is 0 Å². The molecule has 0 saturated carbocycles. The van der Waals surface area contributed by atoms with Crippen molar-refractivity contribution in [3.05, 3.63) is 59.1 Å². The van der Waals surface area contributed by atoms with Crippen molar-refractivity contribution in [2.45, 2.75) is 20.3 Å². The smallest absolute Gasteiger partial charge is 0.315 e. The maximum atomic E-state index is 12.3. The molecule has 1 amide bonds. The van der Waals surface area contributed by atoms with E-state index in [1.54, 1.807) is 30.3 Å².